The van der Waals surface area contributed by atoms with Crippen molar-refractivity contribution in [2.24, 2.45) is 0 Å². The van der Waals surface area contributed by atoms with Crippen molar-refractivity contribution in [2.45, 2.75) is 26.9 Å². The molecule has 2 aromatic rings. The highest BCUT2D eigenvalue weighted by Gasteiger charge is 2.06. The summed E-state index contributed by atoms with van der Waals surface area (Å²) in [5.41, 5.74) is 9.69. The van der Waals surface area contributed by atoms with Crippen LogP contribution in [0.25, 0.3) is 11.1 Å². The van der Waals surface area contributed by atoms with E-state index in [4.69, 9.17) is 10.5 Å². The normalized spacial score (nSPS) is 10.7. The third kappa shape index (κ3) is 2.80. The minimum absolute atomic E-state index is 0.110. The van der Waals surface area contributed by atoms with Gasteiger partial charge in [0.25, 0.3) is 0 Å². The lowest BCUT2D eigenvalue weighted by atomic mass is 10.1. The number of aromatic nitrogens is 1. The van der Waals surface area contributed by atoms with E-state index in [1.165, 1.54) is 0 Å². The lowest BCUT2D eigenvalue weighted by Crippen LogP contribution is -2.07. The van der Waals surface area contributed by atoms with Gasteiger partial charge in [-0.25, -0.2) is 0 Å². The van der Waals surface area contributed by atoms with Gasteiger partial charge in [0.2, 0.25) is 0 Å². The van der Waals surface area contributed by atoms with Crippen molar-refractivity contribution in [3.8, 4) is 16.9 Å². The lowest BCUT2D eigenvalue weighted by molar-refractivity contribution is 0.244. The molecular weight excluding hydrogens is 224 g/mol. The molecule has 2 N–H and O–H groups in total. The first-order valence-electron chi connectivity index (χ1n) is 6.05. The molecule has 1 aromatic carbocycles. The first kappa shape index (κ1) is 12.4. The van der Waals surface area contributed by atoms with Gasteiger partial charge in [0.1, 0.15) is 5.75 Å². The SMILES string of the molecule is Cc1ccc(-c2ccc(N)c(OC(C)C)c2)cn1. The number of nitrogens with two attached hydrogens (primary N) is 1. The van der Waals surface area contributed by atoms with E-state index in [2.05, 4.69) is 4.98 Å². The Kier molecular flexibility index (Phi) is 3.51. The molecule has 0 fully saturated rings. The number of benzene rings is 1. The number of ether oxygens (including phenoxy) is 1. The zero-order valence-corrected chi connectivity index (χ0v) is 11.0. The summed E-state index contributed by atoms with van der Waals surface area (Å²) >= 11 is 0. The summed E-state index contributed by atoms with van der Waals surface area (Å²) in [7, 11) is 0. The van der Waals surface area contributed by atoms with Crippen molar-refractivity contribution in [3.63, 3.8) is 0 Å². The highest BCUT2D eigenvalue weighted by Crippen LogP contribution is 2.29. The number of anilines is 1. The fraction of sp³-hybridized carbons (Fsp3) is 0.267. The Balaban J connectivity index is 2.37. The molecule has 3 heteroatoms. The highest BCUT2D eigenvalue weighted by atomic mass is 16.5. The van der Waals surface area contributed by atoms with Gasteiger partial charge in [0, 0.05) is 17.5 Å². The molecule has 0 spiro atoms. The number of hydrogen-bond acceptors (Lipinski definition) is 3. The Morgan fingerprint density at radius 2 is 1.83 bits per heavy atom. The zero-order chi connectivity index (χ0) is 13.1. The lowest BCUT2D eigenvalue weighted by Gasteiger charge is -2.13. The number of nitrogen functional groups attached to an aromatic ring is 1. The molecule has 0 saturated heterocycles. The van der Waals surface area contributed by atoms with Gasteiger partial charge in [-0.3, -0.25) is 4.98 Å². The average Bonchev–Trinajstić information content (AvgIpc) is 2.32. The maximum absolute atomic E-state index is 5.90. The molecule has 0 atom stereocenters. The van der Waals surface area contributed by atoms with Crippen molar-refractivity contribution in [1.82, 2.24) is 4.98 Å². The standard InChI is InChI=1S/C15H18N2O/c1-10(2)18-15-8-12(6-7-14(15)16)13-5-4-11(3)17-9-13/h4-10H,16H2,1-3H3. The van der Waals surface area contributed by atoms with Crippen LogP contribution in [0.5, 0.6) is 5.75 Å². The topological polar surface area (TPSA) is 48.1 Å². The molecule has 0 aliphatic carbocycles. The maximum atomic E-state index is 5.90. The van der Waals surface area contributed by atoms with Gasteiger partial charge in [-0.05, 0) is 44.5 Å². The van der Waals surface area contributed by atoms with Crippen molar-refractivity contribution in [3.05, 3.63) is 42.2 Å². The van der Waals surface area contributed by atoms with Gasteiger partial charge in [-0.2, -0.15) is 0 Å². The minimum Gasteiger partial charge on any atom is -0.489 e. The maximum Gasteiger partial charge on any atom is 0.143 e. The van der Waals surface area contributed by atoms with Crippen LogP contribution in [0.1, 0.15) is 19.5 Å². The van der Waals surface area contributed by atoms with E-state index in [9.17, 15) is 0 Å². The summed E-state index contributed by atoms with van der Waals surface area (Å²) in [5, 5.41) is 0. The van der Waals surface area contributed by atoms with E-state index in [1.807, 2.05) is 57.3 Å². The van der Waals surface area contributed by atoms with Crippen LogP contribution >= 0.6 is 0 Å². The van der Waals surface area contributed by atoms with E-state index in [-0.39, 0.29) is 6.10 Å². The highest BCUT2D eigenvalue weighted by molar-refractivity contribution is 5.69. The molecule has 1 heterocycles. The number of pyridine rings is 1. The number of nitrogens with zero attached hydrogens (tertiary/aromatic N) is 1. The summed E-state index contributed by atoms with van der Waals surface area (Å²) in [6.45, 7) is 5.94. The van der Waals surface area contributed by atoms with Gasteiger partial charge in [0.15, 0.2) is 0 Å². The molecule has 0 aliphatic rings. The Morgan fingerprint density at radius 3 is 2.44 bits per heavy atom. The molecule has 94 valence electrons. The van der Waals surface area contributed by atoms with Crippen LogP contribution in [0.3, 0.4) is 0 Å². The molecule has 1 aromatic heterocycles. The molecule has 0 aliphatic heterocycles. The van der Waals surface area contributed by atoms with Crippen LogP contribution in [0.2, 0.25) is 0 Å². The summed E-state index contributed by atoms with van der Waals surface area (Å²) in [6.07, 6.45) is 1.97. The van der Waals surface area contributed by atoms with Crippen LogP contribution in [0.15, 0.2) is 36.5 Å². The second-order valence-electron chi connectivity index (χ2n) is 4.61. The summed E-state index contributed by atoms with van der Waals surface area (Å²) in [6, 6.07) is 9.85. The predicted octanol–water partition coefficient (Wildman–Crippen LogP) is 3.43. The Hall–Kier alpha value is -2.03. The monoisotopic (exact) mass is 242 g/mol. The van der Waals surface area contributed by atoms with Gasteiger partial charge < -0.3 is 10.5 Å². The van der Waals surface area contributed by atoms with Crippen LogP contribution in [0, 0.1) is 6.92 Å². The van der Waals surface area contributed by atoms with Crippen LogP contribution in [-0.4, -0.2) is 11.1 Å². The zero-order valence-electron chi connectivity index (χ0n) is 11.0. The number of hydrogen-bond donors (Lipinski definition) is 1. The molecule has 0 bridgehead atoms. The van der Waals surface area contributed by atoms with Crippen LogP contribution < -0.4 is 10.5 Å². The van der Waals surface area contributed by atoms with E-state index >= 15 is 0 Å². The van der Waals surface area contributed by atoms with E-state index in [1.54, 1.807) is 0 Å². The van der Waals surface area contributed by atoms with E-state index in [0.717, 1.165) is 22.6 Å². The third-order valence-corrected chi connectivity index (χ3v) is 2.62. The average molecular weight is 242 g/mol. The van der Waals surface area contributed by atoms with Crippen molar-refractivity contribution in [1.29, 1.82) is 0 Å². The fourth-order valence-corrected chi connectivity index (χ4v) is 1.71. The summed E-state index contributed by atoms with van der Waals surface area (Å²) < 4.78 is 5.69. The van der Waals surface area contributed by atoms with Gasteiger partial charge in [0.05, 0.1) is 11.8 Å². The van der Waals surface area contributed by atoms with E-state index in [0.29, 0.717) is 5.69 Å². The van der Waals surface area contributed by atoms with Gasteiger partial charge in [-0.1, -0.05) is 12.1 Å². The second-order valence-corrected chi connectivity index (χ2v) is 4.61. The summed E-state index contributed by atoms with van der Waals surface area (Å²) in [5.74, 6) is 0.725. The summed E-state index contributed by atoms with van der Waals surface area (Å²) in [4.78, 5) is 4.30. The molecule has 0 saturated carbocycles. The quantitative estimate of drug-likeness (QED) is 0.839. The van der Waals surface area contributed by atoms with Gasteiger partial charge in [-0.15, -0.1) is 0 Å². The molecular formula is C15H18N2O. The van der Waals surface area contributed by atoms with Crippen molar-refractivity contribution in [2.75, 3.05) is 5.73 Å². The Bertz CT molecular complexity index is 533. The fourth-order valence-electron chi connectivity index (χ4n) is 1.71. The minimum atomic E-state index is 0.110. The largest absolute Gasteiger partial charge is 0.489 e. The Labute approximate surface area is 108 Å². The molecule has 18 heavy (non-hydrogen) atoms. The number of rotatable bonds is 3. The third-order valence-electron chi connectivity index (χ3n) is 2.62. The molecule has 0 radical (unpaired) electrons. The Morgan fingerprint density at radius 1 is 1.11 bits per heavy atom. The first-order valence-corrected chi connectivity index (χ1v) is 6.05. The van der Waals surface area contributed by atoms with E-state index < -0.39 is 0 Å². The molecule has 0 amide bonds. The van der Waals surface area contributed by atoms with Crippen molar-refractivity contribution >= 4 is 5.69 Å². The van der Waals surface area contributed by atoms with Gasteiger partial charge >= 0.3 is 0 Å². The van der Waals surface area contributed by atoms with Crippen LogP contribution in [0.4, 0.5) is 5.69 Å². The predicted molar refractivity (Wildman–Crippen MR) is 74.6 cm³/mol. The molecule has 2 rings (SSSR count). The molecule has 3 nitrogen and oxygen atoms in total. The van der Waals surface area contributed by atoms with Crippen LogP contribution in [-0.2, 0) is 0 Å². The van der Waals surface area contributed by atoms with Crippen molar-refractivity contribution < 1.29 is 4.74 Å². The second kappa shape index (κ2) is 5.08. The first-order chi connectivity index (χ1) is 8.56. The molecule has 0 unspecified atom stereocenters. The smallest absolute Gasteiger partial charge is 0.143 e. The number of aryl methyl sites for hydroxylation is 1.